The van der Waals surface area contributed by atoms with E-state index < -0.39 is 10.5 Å². The van der Waals surface area contributed by atoms with Gasteiger partial charge in [0, 0.05) is 25.7 Å². The molecule has 0 radical (unpaired) electrons. The van der Waals surface area contributed by atoms with E-state index in [2.05, 4.69) is 11.1 Å². The van der Waals surface area contributed by atoms with Crippen LogP contribution in [-0.2, 0) is 17.9 Å². The molecule has 0 spiro atoms. The van der Waals surface area contributed by atoms with Gasteiger partial charge in [0.25, 0.3) is 11.2 Å². The summed E-state index contributed by atoms with van der Waals surface area (Å²) in [5.74, 6) is -0.256. The van der Waals surface area contributed by atoms with Crippen molar-refractivity contribution in [2.45, 2.75) is 26.9 Å². The SMILES string of the molecule is Cc1ccc(CN(C)C(=O)Cn2cnc3ccc([N+](=O)[O-])cc3c2=O)c(C)c1. The Hall–Kier alpha value is -3.55. The van der Waals surface area contributed by atoms with Gasteiger partial charge in [-0.15, -0.1) is 0 Å². The third-order valence-electron chi connectivity index (χ3n) is 4.66. The number of aromatic nitrogens is 2. The molecule has 28 heavy (non-hydrogen) atoms. The molecule has 3 aromatic rings. The summed E-state index contributed by atoms with van der Waals surface area (Å²) in [6.45, 7) is 4.23. The van der Waals surface area contributed by atoms with Gasteiger partial charge in [0.05, 0.1) is 22.2 Å². The molecule has 0 aliphatic heterocycles. The Labute approximate surface area is 161 Å². The van der Waals surface area contributed by atoms with Crippen molar-refractivity contribution in [2.24, 2.45) is 0 Å². The maximum atomic E-state index is 12.6. The van der Waals surface area contributed by atoms with Crippen molar-refractivity contribution >= 4 is 22.5 Å². The van der Waals surface area contributed by atoms with Crippen LogP contribution in [0.4, 0.5) is 5.69 Å². The van der Waals surface area contributed by atoms with Gasteiger partial charge in [-0.1, -0.05) is 23.8 Å². The minimum absolute atomic E-state index is 0.113. The Kier molecular flexibility index (Phi) is 5.21. The maximum absolute atomic E-state index is 12.6. The predicted molar refractivity (Wildman–Crippen MR) is 105 cm³/mol. The number of carbonyl (C=O) groups excluding carboxylic acids is 1. The van der Waals surface area contributed by atoms with E-state index in [1.807, 2.05) is 26.0 Å². The molecule has 1 amide bonds. The molecule has 0 aliphatic rings. The fourth-order valence-corrected chi connectivity index (χ4v) is 3.01. The summed E-state index contributed by atoms with van der Waals surface area (Å²) < 4.78 is 1.17. The summed E-state index contributed by atoms with van der Waals surface area (Å²) in [5, 5.41) is 11.1. The van der Waals surface area contributed by atoms with Gasteiger partial charge in [0.2, 0.25) is 5.91 Å². The Bertz CT molecular complexity index is 1140. The number of likely N-dealkylation sites (N-methyl/N-ethyl adjacent to an activating group) is 1. The first-order valence-corrected chi connectivity index (χ1v) is 8.70. The summed E-state index contributed by atoms with van der Waals surface area (Å²) in [6.07, 6.45) is 1.29. The number of nitrogens with zero attached hydrogens (tertiary/aromatic N) is 4. The molecule has 0 N–H and O–H groups in total. The second-order valence-corrected chi connectivity index (χ2v) is 6.82. The van der Waals surface area contributed by atoms with Gasteiger partial charge in [-0.3, -0.25) is 24.3 Å². The van der Waals surface area contributed by atoms with Crippen molar-refractivity contribution in [3.8, 4) is 0 Å². The minimum Gasteiger partial charge on any atom is -0.340 e. The quantitative estimate of drug-likeness (QED) is 0.500. The van der Waals surface area contributed by atoms with Gasteiger partial charge in [-0.2, -0.15) is 0 Å². The van der Waals surface area contributed by atoms with Gasteiger partial charge in [-0.25, -0.2) is 4.98 Å². The third-order valence-corrected chi connectivity index (χ3v) is 4.66. The summed E-state index contributed by atoms with van der Waals surface area (Å²) in [4.78, 5) is 41.3. The van der Waals surface area contributed by atoms with Gasteiger partial charge in [0.15, 0.2) is 0 Å². The second kappa shape index (κ2) is 7.59. The van der Waals surface area contributed by atoms with Crippen LogP contribution in [0.2, 0.25) is 0 Å². The summed E-state index contributed by atoms with van der Waals surface area (Å²) in [6, 6.07) is 9.93. The molecule has 8 heteroatoms. The highest BCUT2D eigenvalue weighted by atomic mass is 16.6. The molecule has 0 unspecified atom stereocenters. The molecule has 2 aromatic carbocycles. The standard InChI is InChI=1S/C20H20N4O4/c1-13-4-5-15(14(2)8-13)10-22(3)19(25)11-23-12-21-18-7-6-16(24(27)28)9-17(18)20(23)26/h4-9,12H,10-11H2,1-3H3. The average molecular weight is 380 g/mol. The molecule has 1 heterocycles. The lowest BCUT2D eigenvalue weighted by atomic mass is 10.1. The number of hydrogen-bond donors (Lipinski definition) is 0. The van der Waals surface area contributed by atoms with E-state index in [0.717, 1.165) is 16.7 Å². The normalized spacial score (nSPS) is 10.8. The number of rotatable bonds is 5. The predicted octanol–water partition coefficient (Wildman–Crippen LogP) is 2.58. The highest BCUT2D eigenvalue weighted by Crippen LogP contribution is 2.16. The third kappa shape index (κ3) is 3.90. The van der Waals surface area contributed by atoms with Crippen LogP contribution >= 0.6 is 0 Å². The Morgan fingerprint density at radius 2 is 1.96 bits per heavy atom. The molecule has 0 saturated heterocycles. The molecule has 0 aliphatic carbocycles. The molecule has 3 rings (SSSR count). The Morgan fingerprint density at radius 1 is 1.21 bits per heavy atom. The highest BCUT2D eigenvalue weighted by molar-refractivity contribution is 5.81. The summed E-state index contributed by atoms with van der Waals surface area (Å²) >= 11 is 0. The van der Waals surface area contributed by atoms with Crippen LogP contribution < -0.4 is 5.56 Å². The van der Waals surface area contributed by atoms with Crippen LogP contribution in [0, 0.1) is 24.0 Å². The summed E-state index contributed by atoms with van der Waals surface area (Å²) in [5.41, 5.74) is 2.95. The summed E-state index contributed by atoms with van der Waals surface area (Å²) in [7, 11) is 1.67. The molecule has 8 nitrogen and oxygen atoms in total. The van der Waals surface area contributed by atoms with Gasteiger partial charge < -0.3 is 4.90 Å². The van der Waals surface area contributed by atoms with Gasteiger partial charge in [0.1, 0.15) is 6.54 Å². The fraction of sp³-hybridized carbons (Fsp3) is 0.250. The monoisotopic (exact) mass is 380 g/mol. The fourth-order valence-electron chi connectivity index (χ4n) is 3.01. The van der Waals surface area contributed by atoms with Crippen LogP contribution in [0.5, 0.6) is 0 Å². The van der Waals surface area contributed by atoms with Crippen molar-refractivity contribution < 1.29 is 9.72 Å². The van der Waals surface area contributed by atoms with Crippen LogP contribution in [0.25, 0.3) is 10.9 Å². The molecule has 144 valence electrons. The molecule has 0 saturated carbocycles. The van der Waals surface area contributed by atoms with Gasteiger partial charge >= 0.3 is 0 Å². The molecular formula is C20H20N4O4. The topological polar surface area (TPSA) is 98.3 Å². The van der Waals surface area contributed by atoms with E-state index in [9.17, 15) is 19.7 Å². The maximum Gasteiger partial charge on any atom is 0.270 e. The molecule has 0 atom stereocenters. The van der Waals surface area contributed by atoms with E-state index in [0.29, 0.717) is 12.1 Å². The van der Waals surface area contributed by atoms with Crippen molar-refractivity contribution in [1.82, 2.24) is 14.5 Å². The van der Waals surface area contributed by atoms with E-state index >= 15 is 0 Å². The van der Waals surface area contributed by atoms with E-state index in [1.54, 1.807) is 11.9 Å². The Morgan fingerprint density at radius 3 is 2.64 bits per heavy atom. The van der Waals surface area contributed by atoms with Crippen molar-refractivity contribution in [1.29, 1.82) is 0 Å². The van der Waals surface area contributed by atoms with E-state index in [4.69, 9.17) is 0 Å². The smallest absolute Gasteiger partial charge is 0.270 e. The number of aryl methyl sites for hydroxylation is 2. The number of nitro groups is 1. The number of amides is 1. The number of nitro benzene ring substituents is 1. The van der Waals surface area contributed by atoms with E-state index in [-0.39, 0.29) is 23.5 Å². The first-order valence-electron chi connectivity index (χ1n) is 8.70. The van der Waals surface area contributed by atoms with Crippen molar-refractivity contribution in [3.05, 3.63) is 79.9 Å². The number of hydrogen-bond acceptors (Lipinski definition) is 5. The number of non-ortho nitro benzene ring substituents is 1. The average Bonchev–Trinajstić information content (AvgIpc) is 2.65. The number of benzene rings is 2. The van der Waals surface area contributed by atoms with Gasteiger partial charge in [-0.05, 0) is 31.0 Å². The molecule has 0 bridgehead atoms. The number of fused-ring (bicyclic) bond motifs is 1. The Balaban J connectivity index is 1.83. The molecule has 0 fully saturated rings. The van der Waals surface area contributed by atoms with Crippen LogP contribution in [0.3, 0.4) is 0 Å². The highest BCUT2D eigenvalue weighted by Gasteiger charge is 2.15. The van der Waals surface area contributed by atoms with E-state index in [1.165, 1.54) is 29.1 Å². The number of carbonyl (C=O) groups is 1. The zero-order valence-corrected chi connectivity index (χ0v) is 15.9. The van der Waals surface area contributed by atoms with Crippen LogP contribution in [-0.4, -0.2) is 32.3 Å². The minimum atomic E-state index is -0.570. The lowest BCUT2D eigenvalue weighted by Crippen LogP contribution is -2.33. The lowest BCUT2D eigenvalue weighted by Gasteiger charge is -2.19. The molecule has 1 aromatic heterocycles. The van der Waals surface area contributed by atoms with Crippen LogP contribution in [0.1, 0.15) is 16.7 Å². The first kappa shape index (κ1) is 19.2. The van der Waals surface area contributed by atoms with Crippen molar-refractivity contribution in [3.63, 3.8) is 0 Å². The van der Waals surface area contributed by atoms with Crippen molar-refractivity contribution in [2.75, 3.05) is 7.05 Å². The zero-order chi connectivity index (χ0) is 20.4. The zero-order valence-electron chi connectivity index (χ0n) is 15.9. The first-order chi connectivity index (χ1) is 13.3. The van der Waals surface area contributed by atoms with Crippen LogP contribution in [0.15, 0.2) is 47.5 Å². The largest absolute Gasteiger partial charge is 0.340 e. The second-order valence-electron chi connectivity index (χ2n) is 6.82. The molecular weight excluding hydrogens is 360 g/mol. The lowest BCUT2D eigenvalue weighted by molar-refractivity contribution is -0.384.